The molecular weight excluding hydrogens is 244 g/mol. The molecule has 0 fully saturated rings. The first-order chi connectivity index (χ1) is 8.81. The van der Waals surface area contributed by atoms with Crippen molar-refractivity contribution in [3.63, 3.8) is 0 Å². The molecule has 0 aliphatic rings. The van der Waals surface area contributed by atoms with Crippen molar-refractivity contribution in [3.8, 4) is 0 Å². The summed E-state index contributed by atoms with van der Waals surface area (Å²) in [6.07, 6.45) is 1.92. The molecule has 6 heteroatoms. The maximum atomic E-state index is 11.5. The third-order valence-electron chi connectivity index (χ3n) is 2.32. The molecule has 3 N–H and O–H groups in total. The van der Waals surface area contributed by atoms with E-state index in [9.17, 15) is 4.79 Å². The highest BCUT2D eigenvalue weighted by atomic mass is 16.6. The summed E-state index contributed by atoms with van der Waals surface area (Å²) in [5.41, 5.74) is 6.66. The average molecular weight is 266 g/mol. The molecule has 106 valence electrons. The molecule has 1 rings (SSSR count). The standard InChI is InChI=1S/C13H22N4O2/c1-9-10(7-15-11(17-9)5-6-14)8-16-12(18)19-13(2,3)4/h7H,5-6,8,14H2,1-4H3,(H,16,18). The first-order valence-corrected chi connectivity index (χ1v) is 6.30. The van der Waals surface area contributed by atoms with E-state index in [-0.39, 0.29) is 0 Å². The Balaban J connectivity index is 2.56. The molecule has 1 aromatic heterocycles. The van der Waals surface area contributed by atoms with Gasteiger partial charge in [-0.2, -0.15) is 0 Å². The van der Waals surface area contributed by atoms with E-state index in [0.717, 1.165) is 17.1 Å². The third kappa shape index (κ3) is 5.65. The number of aryl methyl sites for hydroxylation is 1. The number of nitrogens with one attached hydrogen (secondary N) is 1. The van der Waals surface area contributed by atoms with E-state index in [0.29, 0.717) is 19.5 Å². The first-order valence-electron chi connectivity index (χ1n) is 6.30. The van der Waals surface area contributed by atoms with Gasteiger partial charge in [0.1, 0.15) is 11.4 Å². The molecule has 0 saturated carbocycles. The predicted molar refractivity (Wildman–Crippen MR) is 72.6 cm³/mol. The molecule has 0 aliphatic carbocycles. The van der Waals surface area contributed by atoms with Gasteiger partial charge >= 0.3 is 6.09 Å². The highest BCUT2D eigenvalue weighted by molar-refractivity contribution is 5.67. The number of nitrogens with zero attached hydrogens (tertiary/aromatic N) is 2. The van der Waals surface area contributed by atoms with Gasteiger partial charge in [0, 0.05) is 30.4 Å². The van der Waals surface area contributed by atoms with Crippen molar-refractivity contribution in [1.29, 1.82) is 0 Å². The molecule has 1 aromatic rings. The summed E-state index contributed by atoms with van der Waals surface area (Å²) in [5, 5.41) is 2.68. The number of aromatic nitrogens is 2. The van der Waals surface area contributed by atoms with Crippen LogP contribution in [0.25, 0.3) is 0 Å². The zero-order valence-electron chi connectivity index (χ0n) is 12.0. The Morgan fingerprint density at radius 1 is 1.47 bits per heavy atom. The van der Waals surface area contributed by atoms with Crippen molar-refractivity contribution in [2.75, 3.05) is 6.54 Å². The van der Waals surface area contributed by atoms with Gasteiger partial charge in [0.15, 0.2) is 0 Å². The number of nitrogens with two attached hydrogens (primary N) is 1. The number of carbonyl (C=O) groups is 1. The van der Waals surface area contributed by atoms with Gasteiger partial charge in [-0.1, -0.05) is 0 Å². The Hall–Kier alpha value is -1.69. The van der Waals surface area contributed by atoms with Crippen LogP contribution in [0.1, 0.15) is 37.9 Å². The van der Waals surface area contributed by atoms with Crippen LogP contribution in [0, 0.1) is 6.92 Å². The van der Waals surface area contributed by atoms with Gasteiger partial charge in [0.05, 0.1) is 0 Å². The van der Waals surface area contributed by atoms with E-state index < -0.39 is 11.7 Å². The monoisotopic (exact) mass is 266 g/mol. The van der Waals surface area contributed by atoms with E-state index in [4.69, 9.17) is 10.5 Å². The molecule has 1 heterocycles. The lowest BCUT2D eigenvalue weighted by Gasteiger charge is -2.19. The van der Waals surface area contributed by atoms with Crippen LogP contribution >= 0.6 is 0 Å². The van der Waals surface area contributed by atoms with Crippen molar-refractivity contribution in [2.24, 2.45) is 5.73 Å². The number of carbonyl (C=O) groups excluding carboxylic acids is 1. The van der Waals surface area contributed by atoms with Crippen molar-refractivity contribution in [1.82, 2.24) is 15.3 Å². The van der Waals surface area contributed by atoms with Gasteiger partial charge in [-0.3, -0.25) is 0 Å². The van der Waals surface area contributed by atoms with Gasteiger partial charge in [-0.05, 0) is 34.2 Å². The molecule has 0 spiro atoms. The second kappa shape index (κ2) is 6.47. The van der Waals surface area contributed by atoms with Crippen molar-refractivity contribution in [2.45, 2.75) is 46.3 Å². The minimum atomic E-state index is -0.499. The normalized spacial score (nSPS) is 11.2. The van der Waals surface area contributed by atoms with Crippen LogP contribution in [0.4, 0.5) is 4.79 Å². The summed E-state index contributed by atoms with van der Waals surface area (Å²) in [6, 6.07) is 0. The summed E-state index contributed by atoms with van der Waals surface area (Å²) >= 11 is 0. The quantitative estimate of drug-likeness (QED) is 0.857. The van der Waals surface area contributed by atoms with E-state index in [2.05, 4.69) is 15.3 Å². The number of ether oxygens (including phenoxy) is 1. The fraction of sp³-hybridized carbons (Fsp3) is 0.615. The van der Waals surface area contributed by atoms with Crippen LogP contribution in [-0.2, 0) is 17.7 Å². The number of amides is 1. The van der Waals surface area contributed by atoms with E-state index in [1.807, 2.05) is 27.7 Å². The van der Waals surface area contributed by atoms with Crippen LogP contribution in [0.5, 0.6) is 0 Å². The fourth-order valence-corrected chi connectivity index (χ4v) is 1.44. The van der Waals surface area contributed by atoms with Crippen LogP contribution in [-0.4, -0.2) is 28.2 Å². The second-order valence-electron chi connectivity index (χ2n) is 5.29. The maximum Gasteiger partial charge on any atom is 0.407 e. The third-order valence-corrected chi connectivity index (χ3v) is 2.32. The molecule has 0 radical (unpaired) electrons. The SMILES string of the molecule is Cc1nc(CCN)ncc1CNC(=O)OC(C)(C)C. The Morgan fingerprint density at radius 2 is 2.16 bits per heavy atom. The van der Waals surface area contributed by atoms with Crippen molar-refractivity contribution in [3.05, 3.63) is 23.3 Å². The minimum absolute atomic E-state index is 0.351. The van der Waals surface area contributed by atoms with Crippen LogP contribution in [0.2, 0.25) is 0 Å². The smallest absolute Gasteiger partial charge is 0.407 e. The summed E-state index contributed by atoms with van der Waals surface area (Å²) in [4.78, 5) is 20.1. The van der Waals surface area contributed by atoms with Crippen molar-refractivity contribution < 1.29 is 9.53 Å². The topological polar surface area (TPSA) is 90.1 Å². The van der Waals surface area contributed by atoms with E-state index in [1.54, 1.807) is 6.20 Å². The molecule has 0 aromatic carbocycles. The second-order valence-corrected chi connectivity index (χ2v) is 5.29. The van der Waals surface area contributed by atoms with E-state index >= 15 is 0 Å². The lowest BCUT2D eigenvalue weighted by molar-refractivity contribution is 0.0523. The molecule has 0 aliphatic heterocycles. The van der Waals surface area contributed by atoms with Crippen molar-refractivity contribution >= 4 is 6.09 Å². The highest BCUT2D eigenvalue weighted by Crippen LogP contribution is 2.08. The zero-order valence-corrected chi connectivity index (χ0v) is 12.0. The molecule has 0 bridgehead atoms. The summed E-state index contributed by atoms with van der Waals surface area (Å²) < 4.78 is 5.15. The van der Waals surface area contributed by atoms with Crippen LogP contribution in [0.3, 0.4) is 0 Å². The van der Waals surface area contributed by atoms with Gasteiger partial charge < -0.3 is 15.8 Å². The predicted octanol–water partition coefficient (Wildman–Crippen LogP) is 1.31. The molecule has 6 nitrogen and oxygen atoms in total. The Labute approximate surface area is 113 Å². The van der Waals surface area contributed by atoms with Gasteiger partial charge in [0.25, 0.3) is 0 Å². The Bertz CT molecular complexity index is 441. The van der Waals surface area contributed by atoms with Gasteiger partial charge in [0.2, 0.25) is 0 Å². The Kier molecular flexibility index (Phi) is 5.23. The minimum Gasteiger partial charge on any atom is -0.444 e. The number of alkyl carbamates (subject to hydrolysis) is 1. The lowest BCUT2D eigenvalue weighted by atomic mass is 10.2. The zero-order chi connectivity index (χ0) is 14.5. The highest BCUT2D eigenvalue weighted by Gasteiger charge is 2.16. The summed E-state index contributed by atoms with van der Waals surface area (Å²) in [7, 11) is 0. The summed E-state index contributed by atoms with van der Waals surface area (Å²) in [6.45, 7) is 8.22. The lowest BCUT2D eigenvalue weighted by Crippen LogP contribution is -2.32. The first kappa shape index (κ1) is 15.4. The largest absolute Gasteiger partial charge is 0.444 e. The summed E-state index contributed by atoms with van der Waals surface area (Å²) in [5.74, 6) is 0.723. The molecule has 1 amide bonds. The number of hydrogen-bond donors (Lipinski definition) is 2. The average Bonchev–Trinajstić information content (AvgIpc) is 2.26. The fourth-order valence-electron chi connectivity index (χ4n) is 1.44. The Morgan fingerprint density at radius 3 is 2.68 bits per heavy atom. The van der Waals surface area contributed by atoms with Gasteiger partial charge in [-0.25, -0.2) is 14.8 Å². The number of hydrogen-bond acceptors (Lipinski definition) is 5. The van der Waals surface area contributed by atoms with Gasteiger partial charge in [-0.15, -0.1) is 0 Å². The molecule has 0 unspecified atom stereocenters. The molecular formula is C13H22N4O2. The van der Waals surface area contributed by atoms with Crippen LogP contribution < -0.4 is 11.1 Å². The number of rotatable bonds is 4. The molecule has 19 heavy (non-hydrogen) atoms. The van der Waals surface area contributed by atoms with E-state index in [1.165, 1.54) is 0 Å². The molecule has 0 atom stereocenters. The van der Waals surface area contributed by atoms with Crippen LogP contribution in [0.15, 0.2) is 6.20 Å². The maximum absolute atomic E-state index is 11.5. The molecule has 0 saturated heterocycles.